The van der Waals surface area contributed by atoms with Crippen LogP contribution in [0.5, 0.6) is 0 Å². The lowest BCUT2D eigenvalue weighted by Gasteiger charge is -2.36. The highest BCUT2D eigenvalue weighted by Crippen LogP contribution is 2.37. The molecule has 4 rings (SSSR count). The lowest BCUT2D eigenvalue weighted by atomic mass is 9.90. The molecule has 1 aliphatic heterocycles. The molecule has 11 heteroatoms. The third kappa shape index (κ3) is 5.56. The van der Waals surface area contributed by atoms with Gasteiger partial charge in [-0.1, -0.05) is 21.4 Å². The van der Waals surface area contributed by atoms with Crippen LogP contribution in [0.4, 0.5) is 24.7 Å². The van der Waals surface area contributed by atoms with Gasteiger partial charge in [-0.3, -0.25) is 19.5 Å². The Hall–Kier alpha value is -3.36. The third-order valence-corrected chi connectivity index (χ3v) is 6.65. The van der Waals surface area contributed by atoms with Crippen LogP contribution in [0.15, 0.2) is 48.8 Å². The molecule has 3 heterocycles. The molecule has 2 unspecified atom stereocenters. The van der Waals surface area contributed by atoms with Gasteiger partial charge in [0.05, 0.1) is 18.5 Å². The minimum Gasteiger partial charge on any atom is -0.378 e. The topological polar surface area (TPSA) is 84.4 Å². The van der Waals surface area contributed by atoms with Crippen LogP contribution in [0.25, 0.3) is 11.1 Å². The molecule has 3 aromatic rings. The molecule has 2 aromatic heterocycles. The van der Waals surface area contributed by atoms with Crippen LogP contribution < -0.4 is 10.2 Å². The number of hydrogen-bond donors (Lipinski definition) is 1. The van der Waals surface area contributed by atoms with E-state index in [1.807, 2.05) is 0 Å². The van der Waals surface area contributed by atoms with Crippen molar-refractivity contribution < 1.29 is 27.5 Å². The largest absolute Gasteiger partial charge is 0.378 e. The van der Waals surface area contributed by atoms with Gasteiger partial charge >= 0.3 is 0 Å². The first-order valence-electron chi connectivity index (χ1n) is 12.1. The highest BCUT2D eigenvalue weighted by atomic mass is 31.0. The Labute approximate surface area is 221 Å². The Balaban J connectivity index is 1.65. The van der Waals surface area contributed by atoms with E-state index in [1.54, 1.807) is 39.1 Å². The lowest BCUT2D eigenvalue weighted by molar-refractivity contribution is -0.135. The summed E-state index contributed by atoms with van der Waals surface area (Å²) in [7, 11) is 1.45. The number of aromatic nitrogens is 2. The van der Waals surface area contributed by atoms with Crippen LogP contribution in [0.1, 0.15) is 41.0 Å². The van der Waals surface area contributed by atoms with E-state index < -0.39 is 23.1 Å². The number of ether oxygens (including phenoxy) is 1. The number of halogens is 3. The van der Waals surface area contributed by atoms with Crippen molar-refractivity contribution in [3.05, 3.63) is 71.2 Å². The molecule has 2 atom stereocenters. The number of carbonyl (C=O) groups excluding carboxylic acids is 2. The van der Waals surface area contributed by atoms with E-state index in [2.05, 4.69) is 15.3 Å². The number of rotatable bonds is 8. The average molecular weight is 545 g/mol. The Bertz CT molecular complexity index is 1380. The minimum atomic E-state index is -3.16. The summed E-state index contributed by atoms with van der Waals surface area (Å²) in [5, 5.41) is 2.69. The van der Waals surface area contributed by atoms with Crippen LogP contribution in [0.2, 0.25) is 0 Å². The maximum absolute atomic E-state index is 15.7. The highest BCUT2D eigenvalue weighted by Gasteiger charge is 2.47. The quantitative estimate of drug-likeness (QED) is 0.390. The molecule has 0 spiro atoms. The number of pyridine rings is 2. The fraction of sp³-hybridized carbons (Fsp3) is 0.333. The molecular formula is C27H28F3N4O3P. The van der Waals surface area contributed by atoms with E-state index in [1.165, 1.54) is 38.5 Å². The van der Waals surface area contributed by atoms with E-state index in [0.717, 1.165) is 6.07 Å². The second-order valence-electron chi connectivity index (χ2n) is 9.05. The van der Waals surface area contributed by atoms with Crippen molar-refractivity contribution in [1.29, 1.82) is 0 Å². The van der Waals surface area contributed by atoms with E-state index >= 15 is 4.39 Å². The van der Waals surface area contributed by atoms with E-state index in [4.69, 9.17) is 4.74 Å². The fourth-order valence-electron chi connectivity index (χ4n) is 4.37. The summed E-state index contributed by atoms with van der Waals surface area (Å²) in [4.78, 5) is 35.8. The summed E-state index contributed by atoms with van der Waals surface area (Å²) < 4.78 is 48.3. The van der Waals surface area contributed by atoms with Crippen LogP contribution in [-0.2, 0) is 21.6 Å². The minimum absolute atomic E-state index is 0.0695. The summed E-state index contributed by atoms with van der Waals surface area (Å²) in [5.74, 6) is -0.851. The summed E-state index contributed by atoms with van der Waals surface area (Å²) >= 11 is 0. The van der Waals surface area contributed by atoms with Gasteiger partial charge in [-0.05, 0) is 50.6 Å². The lowest BCUT2D eigenvalue weighted by Crippen LogP contribution is -2.54. The molecule has 0 bridgehead atoms. The first-order chi connectivity index (χ1) is 18.0. The van der Waals surface area contributed by atoms with Crippen LogP contribution >= 0.6 is 9.24 Å². The van der Waals surface area contributed by atoms with E-state index in [-0.39, 0.29) is 37.3 Å². The molecule has 2 amide bonds. The molecule has 1 N–H and O–H groups in total. The van der Waals surface area contributed by atoms with Crippen LogP contribution in [0.3, 0.4) is 0 Å². The zero-order valence-corrected chi connectivity index (χ0v) is 22.4. The number of nitrogens with one attached hydrogen (secondary N) is 1. The van der Waals surface area contributed by atoms with E-state index in [0.29, 0.717) is 33.9 Å². The number of alkyl halides is 3. The Morgan fingerprint density at radius 1 is 1.21 bits per heavy atom. The normalized spacial score (nSPS) is 17.3. The molecule has 200 valence electrons. The maximum Gasteiger partial charge on any atom is 0.283 e. The summed E-state index contributed by atoms with van der Waals surface area (Å²) in [6.45, 7) is 5.44. The van der Waals surface area contributed by atoms with Gasteiger partial charge in [0.15, 0.2) is 0 Å². The second kappa shape index (κ2) is 10.8. The van der Waals surface area contributed by atoms with Gasteiger partial charge in [0, 0.05) is 53.7 Å². The maximum atomic E-state index is 15.7. The summed E-state index contributed by atoms with van der Waals surface area (Å²) in [6.07, 6.45) is 2.85. The number of amides is 2. The SMILES string of the molecule is CCOCC1(F)Cc2cc(-c3cc(NC(=O)c4cccc(C(F)(F)P)c4)cnc3C)cnc2N(CC)C1=O. The number of carbonyl (C=O) groups is 2. The highest BCUT2D eigenvalue weighted by molar-refractivity contribution is 7.17. The van der Waals surface area contributed by atoms with Gasteiger partial charge in [0.2, 0.25) is 5.67 Å². The summed E-state index contributed by atoms with van der Waals surface area (Å²) in [6, 6.07) is 8.65. The molecular weight excluding hydrogens is 516 g/mol. The van der Waals surface area contributed by atoms with E-state index in [9.17, 15) is 18.4 Å². The zero-order chi connectivity index (χ0) is 27.7. The molecule has 38 heavy (non-hydrogen) atoms. The number of nitrogens with zero attached hydrogens (tertiary/aromatic N) is 3. The fourth-order valence-corrected chi connectivity index (χ4v) is 4.55. The Morgan fingerprint density at radius 2 is 1.97 bits per heavy atom. The number of anilines is 2. The van der Waals surface area contributed by atoms with Gasteiger partial charge in [0.1, 0.15) is 5.82 Å². The molecule has 1 aliphatic rings. The molecule has 0 fully saturated rings. The van der Waals surface area contributed by atoms with Crippen molar-refractivity contribution in [3.8, 4) is 11.1 Å². The van der Waals surface area contributed by atoms with Crippen molar-refractivity contribution in [1.82, 2.24) is 9.97 Å². The number of fused-ring (bicyclic) bond motifs is 1. The van der Waals surface area contributed by atoms with Crippen LogP contribution in [-0.4, -0.2) is 47.2 Å². The van der Waals surface area contributed by atoms with Crippen molar-refractivity contribution in [2.24, 2.45) is 0 Å². The van der Waals surface area contributed by atoms with Gasteiger partial charge in [-0.2, -0.15) is 8.78 Å². The van der Waals surface area contributed by atoms with Crippen molar-refractivity contribution >= 4 is 32.6 Å². The molecule has 0 saturated carbocycles. The smallest absolute Gasteiger partial charge is 0.283 e. The Morgan fingerprint density at radius 3 is 2.66 bits per heavy atom. The first kappa shape index (κ1) is 27.7. The molecule has 0 radical (unpaired) electrons. The number of hydrogen-bond acceptors (Lipinski definition) is 5. The van der Waals surface area contributed by atoms with Gasteiger partial charge in [-0.15, -0.1) is 0 Å². The van der Waals surface area contributed by atoms with Crippen LogP contribution in [0, 0.1) is 6.92 Å². The average Bonchev–Trinajstić information content (AvgIpc) is 2.89. The van der Waals surface area contributed by atoms with Gasteiger partial charge < -0.3 is 10.1 Å². The molecule has 0 saturated heterocycles. The summed E-state index contributed by atoms with van der Waals surface area (Å²) in [5.41, 5.74) is -2.80. The predicted octanol–water partition coefficient (Wildman–Crippen LogP) is 5.28. The second-order valence-corrected chi connectivity index (χ2v) is 9.78. The Kier molecular flexibility index (Phi) is 7.85. The third-order valence-electron chi connectivity index (χ3n) is 6.31. The standard InChI is InChI=1S/C27H28F3N4O3P/c1-4-34-23-18(12-26(28,25(34)36)15-37-5-2)9-19(13-32-23)22-11-21(14-31-16(22)3)33-24(35)17-7-6-8-20(10-17)27(29,30)38/h6-11,13-14H,4-5,12,15,38H2,1-3H3,(H,33,35). The van der Waals surface area contributed by atoms with Gasteiger partial charge in [0.25, 0.3) is 17.5 Å². The zero-order valence-electron chi connectivity index (χ0n) is 21.2. The van der Waals surface area contributed by atoms with Crippen molar-refractivity contribution in [2.45, 2.75) is 38.5 Å². The first-order valence-corrected chi connectivity index (χ1v) is 12.7. The molecule has 0 aliphatic carbocycles. The van der Waals surface area contributed by atoms with Gasteiger partial charge in [-0.25, -0.2) is 9.37 Å². The molecule has 1 aromatic carbocycles. The molecule has 7 nitrogen and oxygen atoms in total. The van der Waals surface area contributed by atoms with Crippen molar-refractivity contribution in [3.63, 3.8) is 0 Å². The monoisotopic (exact) mass is 544 g/mol. The number of aryl methyl sites for hydroxylation is 1. The van der Waals surface area contributed by atoms with Crippen molar-refractivity contribution in [2.75, 3.05) is 30.0 Å². The number of benzene rings is 1. The predicted molar refractivity (Wildman–Crippen MR) is 142 cm³/mol.